The van der Waals surface area contributed by atoms with Gasteiger partial charge >= 0.3 is 12.0 Å². The molecule has 1 aromatic heterocycles. The van der Waals surface area contributed by atoms with Gasteiger partial charge in [0, 0.05) is 12.2 Å². The molecule has 1 saturated carbocycles. The summed E-state index contributed by atoms with van der Waals surface area (Å²) in [4.78, 5) is 27.3. The fourth-order valence-corrected chi connectivity index (χ4v) is 2.69. The molecule has 6 heteroatoms. The number of aromatic nitrogens is 1. The van der Waals surface area contributed by atoms with Gasteiger partial charge in [-0.05, 0) is 31.4 Å². The van der Waals surface area contributed by atoms with Gasteiger partial charge in [0.25, 0.3) is 0 Å². The van der Waals surface area contributed by atoms with Gasteiger partial charge in [-0.25, -0.2) is 4.79 Å². The number of nitrogens with one attached hydrogen (secondary N) is 2. The van der Waals surface area contributed by atoms with E-state index < -0.39 is 11.9 Å². The number of nitrogens with zero attached hydrogens (tertiary/aromatic N) is 1. The molecule has 21 heavy (non-hydrogen) atoms. The molecular weight excluding hydrogens is 270 g/mol. The van der Waals surface area contributed by atoms with Crippen LogP contribution in [0, 0.1) is 12.8 Å². The Morgan fingerprint density at radius 1 is 1.38 bits per heavy atom. The Kier molecular flexibility index (Phi) is 5.14. The fraction of sp³-hybridized carbons (Fsp3) is 0.533. The molecule has 0 radical (unpaired) electrons. The van der Waals surface area contributed by atoms with Gasteiger partial charge < -0.3 is 15.7 Å². The van der Waals surface area contributed by atoms with E-state index in [9.17, 15) is 14.7 Å². The molecule has 1 fully saturated rings. The van der Waals surface area contributed by atoms with E-state index in [0.717, 1.165) is 24.1 Å². The van der Waals surface area contributed by atoms with Crippen molar-refractivity contribution in [3.05, 3.63) is 29.6 Å². The molecule has 114 valence electrons. The summed E-state index contributed by atoms with van der Waals surface area (Å²) in [6.45, 7) is 2.27. The first-order chi connectivity index (χ1) is 10.1. The van der Waals surface area contributed by atoms with Crippen LogP contribution in [0.3, 0.4) is 0 Å². The maximum atomic E-state index is 11.9. The molecule has 2 unspecified atom stereocenters. The molecule has 2 amide bonds. The second-order valence-corrected chi connectivity index (χ2v) is 5.43. The molecule has 0 aromatic carbocycles. The number of hydrogen-bond acceptors (Lipinski definition) is 3. The van der Waals surface area contributed by atoms with Crippen molar-refractivity contribution in [3.63, 3.8) is 0 Å². The number of pyridine rings is 1. The van der Waals surface area contributed by atoms with Crippen LogP contribution in [-0.2, 0) is 11.3 Å². The third-order valence-electron chi connectivity index (χ3n) is 3.93. The van der Waals surface area contributed by atoms with Gasteiger partial charge in [-0.15, -0.1) is 0 Å². The van der Waals surface area contributed by atoms with Crippen LogP contribution in [-0.4, -0.2) is 28.1 Å². The van der Waals surface area contributed by atoms with E-state index in [-0.39, 0.29) is 12.1 Å². The maximum Gasteiger partial charge on any atom is 0.315 e. The van der Waals surface area contributed by atoms with Gasteiger partial charge in [0.2, 0.25) is 0 Å². The zero-order valence-corrected chi connectivity index (χ0v) is 12.1. The lowest BCUT2D eigenvalue weighted by molar-refractivity contribution is -0.143. The van der Waals surface area contributed by atoms with Gasteiger partial charge in [0.15, 0.2) is 0 Å². The second-order valence-electron chi connectivity index (χ2n) is 5.43. The predicted molar refractivity (Wildman–Crippen MR) is 77.7 cm³/mol. The SMILES string of the molecule is Cc1cccnc1CNC(=O)NC1CCCCC1C(=O)O. The van der Waals surface area contributed by atoms with Crippen molar-refractivity contribution in [1.29, 1.82) is 0 Å². The van der Waals surface area contributed by atoms with Crippen molar-refractivity contribution in [2.24, 2.45) is 5.92 Å². The first-order valence-corrected chi connectivity index (χ1v) is 7.25. The summed E-state index contributed by atoms with van der Waals surface area (Å²) in [6.07, 6.45) is 4.88. The first kappa shape index (κ1) is 15.3. The summed E-state index contributed by atoms with van der Waals surface area (Å²) in [7, 11) is 0. The number of carbonyl (C=O) groups is 2. The lowest BCUT2D eigenvalue weighted by atomic mass is 9.84. The van der Waals surface area contributed by atoms with Gasteiger partial charge in [0.05, 0.1) is 18.2 Å². The van der Waals surface area contributed by atoms with Crippen LogP contribution in [0.1, 0.15) is 36.9 Å². The number of urea groups is 1. The van der Waals surface area contributed by atoms with Crippen molar-refractivity contribution >= 4 is 12.0 Å². The molecule has 3 N–H and O–H groups in total. The second kappa shape index (κ2) is 7.06. The highest BCUT2D eigenvalue weighted by molar-refractivity contribution is 5.76. The number of carboxylic acid groups (broad SMARTS) is 1. The molecule has 2 rings (SSSR count). The number of aliphatic carboxylic acids is 1. The standard InChI is InChI=1S/C15H21N3O3/c1-10-5-4-8-16-13(10)9-17-15(21)18-12-7-3-2-6-11(12)14(19)20/h4-5,8,11-12H,2-3,6-7,9H2,1H3,(H,19,20)(H2,17,18,21). The summed E-state index contributed by atoms with van der Waals surface area (Å²) in [6, 6.07) is 3.15. The topological polar surface area (TPSA) is 91.3 Å². The number of amides is 2. The smallest absolute Gasteiger partial charge is 0.315 e. The summed E-state index contributed by atoms with van der Waals surface area (Å²) in [5.74, 6) is -1.32. The van der Waals surface area contributed by atoms with Crippen LogP contribution < -0.4 is 10.6 Å². The summed E-state index contributed by atoms with van der Waals surface area (Å²) < 4.78 is 0. The third-order valence-corrected chi connectivity index (χ3v) is 3.93. The molecule has 1 aliphatic rings. The van der Waals surface area contributed by atoms with Crippen molar-refractivity contribution in [3.8, 4) is 0 Å². The van der Waals surface area contributed by atoms with E-state index >= 15 is 0 Å². The van der Waals surface area contributed by atoms with Crippen molar-refractivity contribution in [1.82, 2.24) is 15.6 Å². The number of aryl methyl sites for hydroxylation is 1. The van der Waals surface area contributed by atoms with Crippen molar-refractivity contribution in [2.45, 2.75) is 45.2 Å². The molecule has 1 aliphatic carbocycles. The molecule has 6 nitrogen and oxygen atoms in total. The quantitative estimate of drug-likeness (QED) is 0.789. The summed E-state index contributed by atoms with van der Waals surface area (Å²) >= 11 is 0. The number of rotatable bonds is 4. The Bertz CT molecular complexity index is 519. The van der Waals surface area contributed by atoms with E-state index in [1.54, 1.807) is 6.20 Å². The minimum absolute atomic E-state index is 0.291. The van der Waals surface area contributed by atoms with Crippen LogP contribution in [0.2, 0.25) is 0 Å². The lowest BCUT2D eigenvalue weighted by Crippen LogP contribution is -2.48. The van der Waals surface area contributed by atoms with E-state index in [1.165, 1.54) is 0 Å². The van der Waals surface area contributed by atoms with Gasteiger partial charge in [-0.1, -0.05) is 18.9 Å². The lowest BCUT2D eigenvalue weighted by Gasteiger charge is -2.29. The zero-order valence-electron chi connectivity index (χ0n) is 12.1. The van der Waals surface area contributed by atoms with Crippen LogP contribution in [0.25, 0.3) is 0 Å². The largest absolute Gasteiger partial charge is 0.481 e. The van der Waals surface area contributed by atoms with Gasteiger partial charge in [-0.2, -0.15) is 0 Å². The molecule has 0 spiro atoms. The molecule has 1 heterocycles. The molecule has 2 atom stereocenters. The Labute approximate surface area is 124 Å². The number of carboxylic acids is 1. The fourth-order valence-electron chi connectivity index (χ4n) is 2.69. The Morgan fingerprint density at radius 2 is 2.14 bits per heavy atom. The van der Waals surface area contributed by atoms with E-state index in [4.69, 9.17) is 0 Å². The summed E-state index contributed by atoms with van der Waals surface area (Å²) in [5, 5.41) is 14.7. The van der Waals surface area contributed by atoms with Crippen LogP contribution in [0.4, 0.5) is 4.79 Å². The van der Waals surface area contributed by atoms with E-state index in [0.29, 0.717) is 19.4 Å². The van der Waals surface area contributed by atoms with Crippen LogP contribution in [0.15, 0.2) is 18.3 Å². The molecule has 0 bridgehead atoms. The molecule has 0 saturated heterocycles. The minimum Gasteiger partial charge on any atom is -0.481 e. The highest BCUT2D eigenvalue weighted by atomic mass is 16.4. The highest BCUT2D eigenvalue weighted by Crippen LogP contribution is 2.24. The molecule has 1 aromatic rings. The highest BCUT2D eigenvalue weighted by Gasteiger charge is 2.31. The average Bonchev–Trinajstić information content (AvgIpc) is 2.47. The van der Waals surface area contributed by atoms with Crippen LogP contribution >= 0.6 is 0 Å². The Balaban J connectivity index is 1.86. The predicted octanol–water partition coefficient (Wildman–Crippen LogP) is 1.83. The van der Waals surface area contributed by atoms with E-state index in [2.05, 4.69) is 15.6 Å². The molecule has 0 aliphatic heterocycles. The third kappa shape index (κ3) is 4.18. The normalized spacial score (nSPS) is 21.6. The summed E-state index contributed by atoms with van der Waals surface area (Å²) in [5.41, 5.74) is 1.82. The zero-order chi connectivity index (χ0) is 15.2. The monoisotopic (exact) mass is 291 g/mol. The van der Waals surface area contributed by atoms with Crippen LogP contribution in [0.5, 0.6) is 0 Å². The number of carbonyl (C=O) groups excluding carboxylic acids is 1. The molecular formula is C15H21N3O3. The number of hydrogen-bond donors (Lipinski definition) is 3. The maximum absolute atomic E-state index is 11.9. The Hall–Kier alpha value is -2.11. The van der Waals surface area contributed by atoms with Gasteiger partial charge in [-0.3, -0.25) is 9.78 Å². The minimum atomic E-state index is -0.833. The van der Waals surface area contributed by atoms with Gasteiger partial charge in [0.1, 0.15) is 0 Å². The Morgan fingerprint density at radius 3 is 2.86 bits per heavy atom. The average molecular weight is 291 g/mol. The van der Waals surface area contributed by atoms with Crippen molar-refractivity contribution < 1.29 is 14.7 Å². The van der Waals surface area contributed by atoms with E-state index in [1.807, 2.05) is 19.1 Å². The first-order valence-electron chi connectivity index (χ1n) is 7.25. The van der Waals surface area contributed by atoms with Crippen molar-refractivity contribution in [2.75, 3.05) is 0 Å².